The Morgan fingerprint density at radius 3 is 2.87 bits per heavy atom. The summed E-state index contributed by atoms with van der Waals surface area (Å²) in [5, 5.41) is 14.0. The first-order valence-corrected chi connectivity index (χ1v) is 4.21. The summed E-state index contributed by atoms with van der Waals surface area (Å²) in [6, 6.07) is 1.41. The van der Waals surface area contributed by atoms with Gasteiger partial charge in [-0.2, -0.15) is 5.10 Å². The van der Waals surface area contributed by atoms with E-state index in [2.05, 4.69) is 5.10 Å². The summed E-state index contributed by atoms with van der Waals surface area (Å²) in [6.07, 6.45) is 1.53. The zero-order valence-electron chi connectivity index (χ0n) is 8.07. The number of hydrogen-bond acceptors (Lipinski definition) is 3. The number of nitrogens with zero attached hydrogens (tertiary/aromatic N) is 2. The van der Waals surface area contributed by atoms with Gasteiger partial charge < -0.3 is 10.4 Å². The summed E-state index contributed by atoms with van der Waals surface area (Å²) in [5.74, 6) is -3.99. The van der Waals surface area contributed by atoms with Crippen LogP contribution in [0.5, 0.6) is 0 Å². The number of aromatic nitrogens is 2. The first kappa shape index (κ1) is 11.6. The molecular weight excluding hydrogens is 208 g/mol. The van der Waals surface area contributed by atoms with Crippen LogP contribution < -0.4 is 5.32 Å². The third-order valence-electron chi connectivity index (χ3n) is 1.69. The fourth-order valence-corrected chi connectivity index (χ4v) is 0.892. The summed E-state index contributed by atoms with van der Waals surface area (Å²) < 4.78 is 26.5. The van der Waals surface area contributed by atoms with Crippen LogP contribution in [0, 0.1) is 0 Å². The molecule has 5 nitrogen and oxygen atoms in total. The summed E-state index contributed by atoms with van der Waals surface area (Å²) in [7, 11) is 1.61. The minimum Gasteiger partial charge on any atom is -0.390 e. The van der Waals surface area contributed by atoms with E-state index in [0.29, 0.717) is 0 Å². The molecule has 0 spiro atoms. The predicted octanol–water partition coefficient (Wildman–Crippen LogP) is -0.223. The van der Waals surface area contributed by atoms with Crippen molar-refractivity contribution in [3.63, 3.8) is 0 Å². The minimum absolute atomic E-state index is 0.0613. The highest BCUT2D eigenvalue weighted by Crippen LogP contribution is 2.09. The van der Waals surface area contributed by atoms with Crippen LogP contribution in [0.1, 0.15) is 10.5 Å². The Kier molecular flexibility index (Phi) is 3.35. The zero-order valence-corrected chi connectivity index (χ0v) is 8.07. The van der Waals surface area contributed by atoms with Crippen LogP contribution in [0.25, 0.3) is 0 Å². The number of aliphatic hydroxyl groups excluding tert-OH is 1. The van der Waals surface area contributed by atoms with Crippen molar-refractivity contribution in [2.45, 2.75) is 5.92 Å². The first-order chi connectivity index (χ1) is 6.94. The molecule has 84 valence electrons. The Balaban J connectivity index is 2.50. The van der Waals surface area contributed by atoms with Gasteiger partial charge in [-0.3, -0.25) is 9.48 Å². The molecule has 0 fully saturated rings. The second kappa shape index (κ2) is 4.35. The molecule has 0 radical (unpaired) electrons. The van der Waals surface area contributed by atoms with Crippen molar-refractivity contribution in [1.82, 2.24) is 15.1 Å². The molecule has 1 rings (SSSR count). The maximum Gasteiger partial charge on any atom is 0.287 e. The van der Waals surface area contributed by atoms with Crippen LogP contribution in [-0.2, 0) is 7.05 Å². The van der Waals surface area contributed by atoms with E-state index in [1.54, 1.807) is 7.05 Å². The average Bonchev–Trinajstić information content (AvgIpc) is 2.61. The number of alkyl halides is 2. The lowest BCUT2D eigenvalue weighted by Gasteiger charge is -2.12. The maximum atomic E-state index is 12.5. The van der Waals surface area contributed by atoms with E-state index in [4.69, 9.17) is 5.11 Å². The van der Waals surface area contributed by atoms with E-state index in [9.17, 15) is 13.6 Å². The van der Waals surface area contributed by atoms with Crippen LogP contribution in [0.15, 0.2) is 12.3 Å². The molecule has 15 heavy (non-hydrogen) atoms. The van der Waals surface area contributed by atoms with Gasteiger partial charge in [0.25, 0.3) is 11.8 Å². The van der Waals surface area contributed by atoms with E-state index < -0.39 is 25.0 Å². The largest absolute Gasteiger partial charge is 0.390 e. The Morgan fingerprint density at radius 1 is 1.73 bits per heavy atom. The molecule has 0 aliphatic rings. The van der Waals surface area contributed by atoms with Crippen LogP contribution in [0.3, 0.4) is 0 Å². The van der Waals surface area contributed by atoms with E-state index in [1.165, 1.54) is 16.9 Å². The minimum atomic E-state index is -3.30. The molecule has 1 aromatic heterocycles. The Labute approximate surface area is 84.7 Å². The van der Waals surface area contributed by atoms with E-state index in [1.807, 2.05) is 5.32 Å². The Bertz CT molecular complexity index is 351. The molecule has 1 amide bonds. The van der Waals surface area contributed by atoms with Gasteiger partial charge in [0.2, 0.25) is 0 Å². The van der Waals surface area contributed by atoms with Crippen LogP contribution in [0.2, 0.25) is 0 Å². The second-order valence-corrected chi connectivity index (χ2v) is 3.07. The summed E-state index contributed by atoms with van der Waals surface area (Å²) >= 11 is 0. The number of aryl methyl sites for hydroxylation is 1. The normalized spacial score (nSPS) is 11.5. The Hall–Kier alpha value is -1.50. The lowest BCUT2D eigenvalue weighted by Crippen LogP contribution is -2.39. The molecule has 0 unspecified atom stereocenters. The molecule has 0 bridgehead atoms. The number of rotatable bonds is 4. The van der Waals surface area contributed by atoms with Gasteiger partial charge in [0.15, 0.2) is 0 Å². The third kappa shape index (κ3) is 3.28. The van der Waals surface area contributed by atoms with Crippen molar-refractivity contribution in [2.24, 2.45) is 7.05 Å². The van der Waals surface area contributed by atoms with Gasteiger partial charge in [0, 0.05) is 13.2 Å². The summed E-state index contributed by atoms with van der Waals surface area (Å²) in [6.45, 7) is -2.20. The summed E-state index contributed by atoms with van der Waals surface area (Å²) in [5.41, 5.74) is 0.0613. The number of hydrogen-bond donors (Lipinski definition) is 2. The Morgan fingerprint density at radius 2 is 2.40 bits per heavy atom. The molecular formula is C8H11F2N3O2. The van der Waals surface area contributed by atoms with Crippen LogP contribution >= 0.6 is 0 Å². The fraction of sp³-hybridized carbons (Fsp3) is 0.500. The van der Waals surface area contributed by atoms with E-state index in [-0.39, 0.29) is 5.69 Å². The topological polar surface area (TPSA) is 67.2 Å². The predicted molar refractivity (Wildman–Crippen MR) is 47.6 cm³/mol. The number of carbonyl (C=O) groups is 1. The van der Waals surface area contributed by atoms with Crippen LogP contribution in [0.4, 0.5) is 8.78 Å². The maximum absolute atomic E-state index is 12.5. The van der Waals surface area contributed by atoms with E-state index >= 15 is 0 Å². The lowest BCUT2D eigenvalue weighted by atomic mass is 10.3. The van der Waals surface area contributed by atoms with Crippen molar-refractivity contribution >= 4 is 5.91 Å². The van der Waals surface area contributed by atoms with Gasteiger partial charge in [-0.1, -0.05) is 0 Å². The molecule has 0 saturated heterocycles. The number of halogens is 2. The van der Waals surface area contributed by atoms with Crippen molar-refractivity contribution in [3.8, 4) is 0 Å². The van der Waals surface area contributed by atoms with Crippen molar-refractivity contribution < 1.29 is 18.7 Å². The van der Waals surface area contributed by atoms with Gasteiger partial charge in [0.05, 0.1) is 6.54 Å². The molecule has 7 heteroatoms. The van der Waals surface area contributed by atoms with Crippen molar-refractivity contribution in [1.29, 1.82) is 0 Å². The molecule has 1 aromatic rings. The third-order valence-corrected chi connectivity index (χ3v) is 1.69. The highest BCUT2D eigenvalue weighted by molar-refractivity contribution is 5.92. The van der Waals surface area contributed by atoms with Gasteiger partial charge in [-0.05, 0) is 6.07 Å². The average molecular weight is 219 g/mol. The SMILES string of the molecule is Cn1ccc(C(=O)NCC(F)(F)CO)n1. The fourth-order valence-electron chi connectivity index (χ4n) is 0.892. The first-order valence-electron chi connectivity index (χ1n) is 4.21. The molecule has 0 atom stereocenters. The molecule has 0 aromatic carbocycles. The zero-order chi connectivity index (χ0) is 11.5. The lowest BCUT2D eigenvalue weighted by molar-refractivity contribution is -0.0462. The molecule has 1 heterocycles. The van der Waals surface area contributed by atoms with Gasteiger partial charge >= 0.3 is 0 Å². The van der Waals surface area contributed by atoms with Gasteiger partial charge in [-0.25, -0.2) is 8.78 Å². The van der Waals surface area contributed by atoms with Crippen LogP contribution in [-0.4, -0.2) is 39.9 Å². The quantitative estimate of drug-likeness (QED) is 0.735. The molecule has 0 aliphatic carbocycles. The van der Waals surface area contributed by atoms with Gasteiger partial charge in [-0.15, -0.1) is 0 Å². The standard InChI is InChI=1S/C8H11F2N3O2/c1-13-3-2-6(12-13)7(15)11-4-8(9,10)5-14/h2-3,14H,4-5H2,1H3,(H,11,15). The smallest absolute Gasteiger partial charge is 0.287 e. The van der Waals surface area contributed by atoms with Crippen molar-refractivity contribution in [2.75, 3.05) is 13.2 Å². The monoisotopic (exact) mass is 219 g/mol. The van der Waals surface area contributed by atoms with Crippen molar-refractivity contribution in [3.05, 3.63) is 18.0 Å². The van der Waals surface area contributed by atoms with Gasteiger partial charge in [0.1, 0.15) is 12.3 Å². The molecule has 0 saturated carbocycles. The highest BCUT2D eigenvalue weighted by Gasteiger charge is 2.28. The summed E-state index contributed by atoms with van der Waals surface area (Å²) in [4.78, 5) is 11.2. The number of nitrogens with one attached hydrogen (secondary N) is 1. The highest BCUT2D eigenvalue weighted by atomic mass is 19.3. The van der Waals surface area contributed by atoms with E-state index in [0.717, 1.165) is 0 Å². The number of aliphatic hydroxyl groups is 1. The number of carbonyl (C=O) groups excluding carboxylic acids is 1. The second-order valence-electron chi connectivity index (χ2n) is 3.07. The molecule has 0 aliphatic heterocycles. The number of amides is 1. The molecule has 2 N–H and O–H groups in total.